The van der Waals surface area contributed by atoms with Gasteiger partial charge in [-0.15, -0.1) is 11.3 Å². The van der Waals surface area contributed by atoms with Crippen LogP contribution in [0.25, 0.3) is 10.6 Å². The molecule has 2 heterocycles. The third-order valence-corrected chi connectivity index (χ3v) is 3.07. The van der Waals surface area contributed by atoms with Crippen LogP contribution in [-0.2, 0) is 6.42 Å². The normalized spacial score (nSPS) is 12.7. The highest BCUT2D eigenvalue weighted by atomic mass is 32.1. The van der Waals surface area contributed by atoms with Gasteiger partial charge in [0.05, 0.1) is 0 Å². The van der Waals surface area contributed by atoms with Crippen molar-refractivity contribution in [2.24, 2.45) is 5.73 Å². The minimum absolute atomic E-state index is 0.191. The van der Waals surface area contributed by atoms with Crippen LogP contribution in [0.15, 0.2) is 30.7 Å². The number of thiazole rings is 1. The van der Waals surface area contributed by atoms with Crippen LogP contribution in [0.3, 0.4) is 0 Å². The van der Waals surface area contributed by atoms with E-state index in [0.29, 0.717) is 0 Å². The first-order chi connectivity index (χ1) is 7.25. The van der Waals surface area contributed by atoms with Gasteiger partial charge in [-0.05, 0) is 25.5 Å². The van der Waals surface area contributed by atoms with Gasteiger partial charge in [0.2, 0.25) is 0 Å². The second kappa shape index (κ2) is 4.51. The van der Waals surface area contributed by atoms with Crippen molar-refractivity contribution < 1.29 is 0 Å². The first kappa shape index (κ1) is 10.3. The zero-order valence-electron chi connectivity index (χ0n) is 8.55. The van der Waals surface area contributed by atoms with E-state index in [1.807, 2.05) is 25.3 Å². The summed E-state index contributed by atoms with van der Waals surface area (Å²) in [6.45, 7) is 2.01. The molecule has 0 fully saturated rings. The van der Waals surface area contributed by atoms with Gasteiger partial charge in [-0.3, -0.25) is 4.98 Å². The van der Waals surface area contributed by atoms with E-state index < -0.39 is 0 Å². The molecule has 1 atom stereocenters. The summed E-state index contributed by atoms with van der Waals surface area (Å²) in [5.74, 6) is 0. The topological polar surface area (TPSA) is 51.8 Å². The van der Waals surface area contributed by atoms with Gasteiger partial charge in [0, 0.05) is 35.1 Å². The monoisotopic (exact) mass is 219 g/mol. The van der Waals surface area contributed by atoms with E-state index in [1.54, 1.807) is 23.7 Å². The lowest BCUT2D eigenvalue weighted by Gasteiger charge is -1.99. The van der Waals surface area contributed by atoms with Gasteiger partial charge in [0.25, 0.3) is 0 Å². The Balaban J connectivity index is 2.21. The number of rotatable bonds is 3. The van der Waals surface area contributed by atoms with Crippen LogP contribution in [0, 0.1) is 0 Å². The summed E-state index contributed by atoms with van der Waals surface area (Å²) in [5, 5.41) is 1.04. The summed E-state index contributed by atoms with van der Waals surface area (Å²) in [7, 11) is 0. The molecule has 0 saturated carbocycles. The van der Waals surface area contributed by atoms with Gasteiger partial charge in [-0.1, -0.05) is 0 Å². The smallest absolute Gasteiger partial charge is 0.123 e. The maximum absolute atomic E-state index is 5.74. The molecule has 0 aliphatic carbocycles. The molecule has 0 aromatic carbocycles. The number of pyridine rings is 1. The van der Waals surface area contributed by atoms with Crippen LogP contribution < -0.4 is 5.73 Å². The lowest BCUT2D eigenvalue weighted by Crippen LogP contribution is -2.16. The Morgan fingerprint density at radius 2 is 2.13 bits per heavy atom. The van der Waals surface area contributed by atoms with Gasteiger partial charge in [-0.25, -0.2) is 4.98 Å². The molecule has 4 heteroatoms. The molecule has 0 radical (unpaired) electrons. The average Bonchev–Trinajstić information content (AvgIpc) is 2.67. The molecule has 2 N–H and O–H groups in total. The molecule has 1 unspecified atom stereocenters. The lowest BCUT2D eigenvalue weighted by molar-refractivity contribution is 0.745. The third kappa shape index (κ3) is 2.61. The SMILES string of the molecule is CC(N)Cc1cnc(-c2ccncc2)s1. The van der Waals surface area contributed by atoms with Crippen molar-refractivity contribution in [1.82, 2.24) is 9.97 Å². The van der Waals surface area contributed by atoms with Crippen LogP contribution in [0.5, 0.6) is 0 Å². The molecule has 2 aromatic rings. The Hall–Kier alpha value is -1.26. The zero-order valence-corrected chi connectivity index (χ0v) is 9.37. The maximum atomic E-state index is 5.74. The van der Waals surface area contributed by atoms with E-state index in [0.717, 1.165) is 17.0 Å². The molecule has 3 nitrogen and oxygen atoms in total. The number of hydrogen-bond acceptors (Lipinski definition) is 4. The summed E-state index contributed by atoms with van der Waals surface area (Å²) in [6, 6.07) is 4.12. The van der Waals surface area contributed by atoms with Crippen molar-refractivity contribution in [1.29, 1.82) is 0 Å². The van der Waals surface area contributed by atoms with E-state index in [4.69, 9.17) is 5.73 Å². The molecular weight excluding hydrogens is 206 g/mol. The number of aromatic nitrogens is 2. The van der Waals surface area contributed by atoms with Gasteiger partial charge in [0.15, 0.2) is 0 Å². The first-order valence-corrected chi connectivity index (χ1v) is 5.68. The highest BCUT2D eigenvalue weighted by molar-refractivity contribution is 7.15. The zero-order chi connectivity index (χ0) is 10.7. The summed E-state index contributed by atoms with van der Waals surface area (Å²) in [4.78, 5) is 9.59. The molecular formula is C11H13N3S. The Morgan fingerprint density at radius 1 is 1.40 bits per heavy atom. The van der Waals surface area contributed by atoms with Crippen LogP contribution >= 0.6 is 11.3 Å². The highest BCUT2D eigenvalue weighted by Crippen LogP contribution is 2.24. The quantitative estimate of drug-likeness (QED) is 0.860. The van der Waals surface area contributed by atoms with Crippen molar-refractivity contribution >= 4 is 11.3 Å². The number of nitrogens with two attached hydrogens (primary N) is 1. The molecule has 0 spiro atoms. The first-order valence-electron chi connectivity index (χ1n) is 4.86. The predicted molar refractivity (Wildman–Crippen MR) is 62.7 cm³/mol. The fourth-order valence-electron chi connectivity index (χ4n) is 1.35. The highest BCUT2D eigenvalue weighted by Gasteiger charge is 2.05. The second-order valence-corrected chi connectivity index (χ2v) is 4.66. The fourth-order valence-corrected chi connectivity index (χ4v) is 2.41. The molecule has 78 valence electrons. The van der Waals surface area contributed by atoms with E-state index in [1.165, 1.54) is 4.88 Å². The van der Waals surface area contributed by atoms with Gasteiger partial charge in [-0.2, -0.15) is 0 Å². The molecule has 0 saturated heterocycles. The molecule has 15 heavy (non-hydrogen) atoms. The minimum Gasteiger partial charge on any atom is -0.328 e. The Bertz CT molecular complexity index is 422. The van der Waals surface area contributed by atoms with E-state index in [2.05, 4.69) is 9.97 Å². The summed E-state index contributed by atoms with van der Waals surface area (Å²) < 4.78 is 0. The largest absolute Gasteiger partial charge is 0.328 e. The molecule has 0 amide bonds. The average molecular weight is 219 g/mol. The van der Waals surface area contributed by atoms with Crippen LogP contribution in [0.1, 0.15) is 11.8 Å². The van der Waals surface area contributed by atoms with Crippen LogP contribution in [0.2, 0.25) is 0 Å². The van der Waals surface area contributed by atoms with E-state index in [-0.39, 0.29) is 6.04 Å². The Kier molecular flexibility index (Phi) is 3.08. The standard InChI is InChI=1S/C11H13N3S/c1-8(12)6-10-7-14-11(15-10)9-2-4-13-5-3-9/h2-5,7-8H,6,12H2,1H3. The van der Waals surface area contributed by atoms with Gasteiger partial charge in [0.1, 0.15) is 5.01 Å². The van der Waals surface area contributed by atoms with Crippen molar-refractivity contribution in [2.45, 2.75) is 19.4 Å². The summed E-state index contributed by atoms with van der Waals surface area (Å²) >= 11 is 1.70. The van der Waals surface area contributed by atoms with Crippen molar-refractivity contribution in [3.63, 3.8) is 0 Å². The number of nitrogens with zero attached hydrogens (tertiary/aromatic N) is 2. The van der Waals surface area contributed by atoms with Crippen molar-refractivity contribution in [2.75, 3.05) is 0 Å². The maximum Gasteiger partial charge on any atom is 0.123 e. The lowest BCUT2D eigenvalue weighted by atomic mass is 10.2. The van der Waals surface area contributed by atoms with Gasteiger partial charge < -0.3 is 5.73 Å². The second-order valence-electron chi connectivity index (χ2n) is 3.55. The third-order valence-electron chi connectivity index (χ3n) is 2.00. The summed E-state index contributed by atoms with van der Waals surface area (Å²) in [6.07, 6.45) is 6.36. The fraction of sp³-hybridized carbons (Fsp3) is 0.273. The predicted octanol–water partition coefficient (Wildman–Crippen LogP) is 2.09. The van der Waals surface area contributed by atoms with Crippen molar-refractivity contribution in [3.05, 3.63) is 35.6 Å². The van der Waals surface area contributed by atoms with Crippen molar-refractivity contribution in [3.8, 4) is 10.6 Å². The van der Waals surface area contributed by atoms with Gasteiger partial charge >= 0.3 is 0 Å². The van der Waals surface area contributed by atoms with E-state index >= 15 is 0 Å². The van der Waals surface area contributed by atoms with Crippen LogP contribution in [-0.4, -0.2) is 16.0 Å². The Morgan fingerprint density at radius 3 is 2.80 bits per heavy atom. The molecule has 0 bridgehead atoms. The van der Waals surface area contributed by atoms with E-state index in [9.17, 15) is 0 Å². The molecule has 0 aliphatic rings. The van der Waals surface area contributed by atoms with Crippen LogP contribution in [0.4, 0.5) is 0 Å². The molecule has 2 rings (SSSR count). The molecule has 0 aliphatic heterocycles. The Labute approximate surface area is 93.0 Å². The number of hydrogen-bond donors (Lipinski definition) is 1. The molecule has 2 aromatic heterocycles. The summed E-state index contributed by atoms with van der Waals surface area (Å²) in [5.41, 5.74) is 6.86. The minimum atomic E-state index is 0.191.